The number of aliphatic carboxylic acids is 1. The van der Waals surface area contributed by atoms with E-state index in [0.717, 1.165) is 28.7 Å². The number of rotatable bonds is 8. The monoisotopic (exact) mass is 450 g/mol. The van der Waals surface area contributed by atoms with E-state index in [1.807, 2.05) is 24.3 Å². The molecule has 4 rings (SSSR count). The predicted octanol–water partition coefficient (Wildman–Crippen LogP) is 4.06. The molecule has 174 valence electrons. The molecule has 1 saturated carbocycles. The average Bonchev–Trinajstić information content (AvgIpc) is 3.08. The van der Waals surface area contributed by atoms with E-state index in [9.17, 15) is 19.5 Å². The van der Waals surface area contributed by atoms with Gasteiger partial charge in [-0.2, -0.15) is 0 Å². The van der Waals surface area contributed by atoms with Crippen molar-refractivity contribution < 1.29 is 24.2 Å². The van der Waals surface area contributed by atoms with Crippen molar-refractivity contribution in [2.45, 2.75) is 57.0 Å². The molecule has 2 aromatic rings. The van der Waals surface area contributed by atoms with Crippen LogP contribution in [-0.4, -0.2) is 41.3 Å². The first-order valence-electron chi connectivity index (χ1n) is 11.4. The Bertz CT molecular complexity index is 1010. The number of carboxylic acids is 1. The summed E-state index contributed by atoms with van der Waals surface area (Å²) in [6.45, 7) is 3.69. The Balaban J connectivity index is 1.37. The van der Waals surface area contributed by atoms with Gasteiger partial charge in [0, 0.05) is 12.3 Å². The molecule has 2 aliphatic carbocycles. The number of amides is 2. The number of carboxylic acid groups (broad SMARTS) is 1. The van der Waals surface area contributed by atoms with E-state index in [4.69, 9.17) is 4.74 Å². The van der Waals surface area contributed by atoms with Crippen LogP contribution >= 0.6 is 0 Å². The van der Waals surface area contributed by atoms with Crippen molar-refractivity contribution in [3.8, 4) is 11.1 Å². The van der Waals surface area contributed by atoms with Gasteiger partial charge in [-0.1, -0.05) is 62.4 Å². The summed E-state index contributed by atoms with van der Waals surface area (Å²) in [6.07, 6.45) is 1.69. The van der Waals surface area contributed by atoms with E-state index >= 15 is 0 Å². The highest BCUT2D eigenvalue weighted by Gasteiger charge is 2.42. The maximum absolute atomic E-state index is 12.7. The third-order valence-corrected chi connectivity index (χ3v) is 6.77. The molecule has 3 N–H and O–H groups in total. The summed E-state index contributed by atoms with van der Waals surface area (Å²) in [5, 5.41) is 14.8. The first-order valence-corrected chi connectivity index (χ1v) is 11.4. The molecule has 0 heterocycles. The molecule has 7 heteroatoms. The van der Waals surface area contributed by atoms with Crippen LogP contribution in [0.5, 0.6) is 0 Å². The molecule has 0 saturated heterocycles. The Labute approximate surface area is 193 Å². The van der Waals surface area contributed by atoms with Gasteiger partial charge in [0.05, 0.1) is 5.54 Å². The zero-order chi connectivity index (χ0) is 23.6. The van der Waals surface area contributed by atoms with Gasteiger partial charge in [0.25, 0.3) is 0 Å². The molecule has 0 spiro atoms. The molecule has 0 aliphatic heterocycles. The van der Waals surface area contributed by atoms with Gasteiger partial charge in [0.2, 0.25) is 5.91 Å². The highest BCUT2D eigenvalue weighted by molar-refractivity contribution is 5.85. The van der Waals surface area contributed by atoms with Crippen LogP contribution in [0.3, 0.4) is 0 Å². The largest absolute Gasteiger partial charge is 0.480 e. The third kappa shape index (κ3) is 4.72. The minimum absolute atomic E-state index is 0.0354. The van der Waals surface area contributed by atoms with Gasteiger partial charge in [-0.15, -0.1) is 0 Å². The van der Waals surface area contributed by atoms with Crippen LogP contribution in [-0.2, 0) is 14.3 Å². The van der Waals surface area contributed by atoms with Crippen LogP contribution < -0.4 is 10.6 Å². The number of hydrogen-bond donors (Lipinski definition) is 3. The lowest BCUT2D eigenvalue weighted by molar-refractivity contribution is -0.143. The van der Waals surface area contributed by atoms with Crippen molar-refractivity contribution in [2.24, 2.45) is 5.92 Å². The summed E-state index contributed by atoms with van der Waals surface area (Å²) >= 11 is 0. The molecule has 1 fully saturated rings. The molecule has 7 nitrogen and oxygen atoms in total. The molecule has 0 aromatic heterocycles. The second kappa shape index (κ2) is 9.25. The minimum Gasteiger partial charge on any atom is -0.480 e. The molecule has 0 unspecified atom stereocenters. The number of fused-ring (bicyclic) bond motifs is 3. The molecular weight excluding hydrogens is 420 g/mol. The maximum atomic E-state index is 12.7. The van der Waals surface area contributed by atoms with E-state index in [1.54, 1.807) is 13.8 Å². The van der Waals surface area contributed by atoms with Crippen molar-refractivity contribution in [2.75, 3.05) is 6.61 Å². The predicted molar refractivity (Wildman–Crippen MR) is 124 cm³/mol. The number of benzene rings is 2. The zero-order valence-corrected chi connectivity index (χ0v) is 19.0. The van der Waals surface area contributed by atoms with Crippen molar-refractivity contribution in [3.63, 3.8) is 0 Å². The first-order chi connectivity index (χ1) is 15.8. The van der Waals surface area contributed by atoms with E-state index in [0.29, 0.717) is 12.8 Å². The number of nitrogens with one attached hydrogen (secondary N) is 2. The maximum Gasteiger partial charge on any atom is 0.407 e. The van der Waals surface area contributed by atoms with E-state index in [-0.39, 0.29) is 30.8 Å². The summed E-state index contributed by atoms with van der Waals surface area (Å²) in [7, 11) is 0. The highest BCUT2D eigenvalue weighted by atomic mass is 16.5. The van der Waals surface area contributed by atoms with E-state index < -0.39 is 23.6 Å². The normalized spacial score (nSPS) is 16.8. The number of hydrogen-bond acceptors (Lipinski definition) is 4. The second-order valence-corrected chi connectivity index (χ2v) is 9.39. The van der Waals surface area contributed by atoms with E-state index in [2.05, 4.69) is 34.9 Å². The van der Waals surface area contributed by atoms with Crippen LogP contribution in [0.4, 0.5) is 4.79 Å². The van der Waals surface area contributed by atoms with Gasteiger partial charge >= 0.3 is 12.1 Å². The van der Waals surface area contributed by atoms with Crippen LogP contribution in [0.2, 0.25) is 0 Å². The smallest absolute Gasteiger partial charge is 0.407 e. The van der Waals surface area contributed by atoms with Gasteiger partial charge in [-0.05, 0) is 47.4 Å². The molecule has 2 amide bonds. The molecule has 0 bridgehead atoms. The quantitative estimate of drug-likeness (QED) is 0.563. The van der Waals surface area contributed by atoms with Crippen LogP contribution in [0.1, 0.15) is 56.6 Å². The third-order valence-electron chi connectivity index (χ3n) is 6.77. The molecule has 2 aliphatic rings. The topological polar surface area (TPSA) is 105 Å². The zero-order valence-electron chi connectivity index (χ0n) is 19.0. The van der Waals surface area contributed by atoms with Crippen molar-refractivity contribution in [1.82, 2.24) is 10.6 Å². The first kappa shape index (κ1) is 22.8. The standard InChI is InChI=1S/C26H30N2O5/c1-16(2)23(24(30)31)27-22(29)14-26(12-7-13-26)28-25(32)33-15-21-19-10-5-3-8-17(19)18-9-4-6-11-20(18)21/h3-6,8-11,16,21,23H,7,12-15H2,1-2H3,(H,27,29)(H,28,32)(H,30,31)/t23-/m1/s1. The average molecular weight is 451 g/mol. The SMILES string of the molecule is CC(C)[C@@H](NC(=O)CC1(NC(=O)OCC2c3ccccc3-c3ccccc32)CCC1)C(=O)O. The lowest BCUT2D eigenvalue weighted by Crippen LogP contribution is -2.57. The summed E-state index contributed by atoms with van der Waals surface area (Å²) in [6, 6.07) is 15.3. The number of carbonyl (C=O) groups is 3. The molecule has 1 atom stereocenters. The fraction of sp³-hybridized carbons (Fsp3) is 0.423. The molecule has 2 aromatic carbocycles. The van der Waals surface area contributed by atoms with Gasteiger partial charge < -0.3 is 20.5 Å². The highest BCUT2D eigenvalue weighted by Crippen LogP contribution is 2.44. The van der Waals surface area contributed by atoms with Gasteiger partial charge in [-0.3, -0.25) is 4.79 Å². The van der Waals surface area contributed by atoms with E-state index in [1.165, 1.54) is 0 Å². The van der Waals surface area contributed by atoms with Gasteiger partial charge in [-0.25, -0.2) is 9.59 Å². The lowest BCUT2D eigenvalue weighted by Gasteiger charge is -2.41. The summed E-state index contributed by atoms with van der Waals surface area (Å²) in [5.74, 6) is -1.72. The summed E-state index contributed by atoms with van der Waals surface area (Å²) < 4.78 is 5.63. The molecular formula is C26H30N2O5. The summed E-state index contributed by atoms with van der Waals surface area (Å²) in [4.78, 5) is 36.6. The van der Waals surface area contributed by atoms with Crippen LogP contribution in [0.25, 0.3) is 11.1 Å². The van der Waals surface area contributed by atoms with Gasteiger partial charge in [0.1, 0.15) is 12.6 Å². The lowest BCUT2D eigenvalue weighted by atomic mass is 9.74. The molecule has 33 heavy (non-hydrogen) atoms. The number of carbonyl (C=O) groups excluding carboxylic acids is 2. The Morgan fingerprint density at radius 1 is 1.03 bits per heavy atom. The van der Waals surface area contributed by atoms with Crippen LogP contribution in [0, 0.1) is 5.92 Å². The number of alkyl carbamates (subject to hydrolysis) is 1. The Kier molecular flexibility index (Phi) is 6.40. The van der Waals surface area contributed by atoms with Crippen LogP contribution in [0.15, 0.2) is 48.5 Å². The minimum atomic E-state index is -1.06. The number of ether oxygens (including phenoxy) is 1. The fourth-order valence-corrected chi connectivity index (χ4v) is 4.85. The van der Waals surface area contributed by atoms with Crippen molar-refractivity contribution >= 4 is 18.0 Å². The second-order valence-electron chi connectivity index (χ2n) is 9.39. The Morgan fingerprint density at radius 3 is 2.09 bits per heavy atom. The van der Waals surface area contributed by atoms with Gasteiger partial charge in [0.15, 0.2) is 0 Å². The Morgan fingerprint density at radius 2 is 1.61 bits per heavy atom. The fourth-order valence-electron chi connectivity index (χ4n) is 4.85. The molecule has 0 radical (unpaired) electrons. The van der Waals surface area contributed by atoms with Crippen molar-refractivity contribution in [1.29, 1.82) is 0 Å². The summed E-state index contributed by atoms with van der Waals surface area (Å²) in [5.41, 5.74) is 3.90. The Hall–Kier alpha value is -3.35. The van der Waals surface area contributed by atoms with Crippen molar-refractivity contribution in [3.05, 3.63) is 59.7 Å².